The molecule has 0 bridgehead atoms. The van der Waals surface area contributed by atoms with Crippen LogP contribution in [0.25, 0.3) is 10.4 Å². The van der Waals surface area contributed by atoms with Crippen molar-refractivity contribution in [2.75, 3.05) is 13.1 Å². The Hall–Kier alpha value is -1.23. The predicted molar refractivity (Wildman–Crippen MR) is 75.6 cm³/mol. The van der Waals surface area contributed by atoms with Crippen LogP contribution in [0.2, 0.25) is 0 Å². The molecular formula is C15H16FNOS. The molecular weight excluding hydrogens is 261 g/mol. The number of aliphatic hydroxyl groups is 1. The average molecular weight is 277 g/mol. The fourth-order valence-corrected chi connectivity index (χ4v) is 3.48. The van der Waals surface area contributed by atoms with Gasteiger partial charge in [0.25, 0.3) is 0 Å². The molecule has 1 aromatic carbocycles. The van der Waals surface area contributed by atoms with Gasteiger partial charge in [0, 0.05) is 29.4 Å². The number of halogens is 1. The highest BCUT2D eigenvalue weighted by Crippen LogP contribution is 2.29. The standard InChI is InChI=1S/C15H16FNOS/c16-12-3-1-2-11(8-12)15-5-4-14(19-15)10-17-7-6-13(18)9-17/h1-5,8,13,18H,6-7,9-10H2/t13-/m0/s1. The summed E-state index contributed by atoms with van der Waals surface area (Å²) in [6, 6.07) is 10.8. The highest BCUT2D eigenvalue weighted by molar-refractivity contribution is 7.15. The molecule has 2 nitrogen and oxygen atoms in total. The van der Waals surface area contributed by atoms with Crippen molar-refractivity contribution in [1.82, 2.24) is 4.90 Å². The van der Waals surface area contributed by atoms with Gasteiger partial charge in [0.2, 0.25) is 0 Å². The molecule has 3 rings (SSSR count). The maximum Gasteiger partial charge on any atom is 0.123 e. The van der Waals surface area contributed by atoms with Crippen molar-refractivity contribution in [2.45, 2.75) is 19.1 Å². The fraction of sp³-hybridized carbons (Fsp3) is 0.333. The number of hydrogen-bond acceptors (Lipinski definition) is 3. The third-order valence-electron chi connectivity index (χ3n) is 3.40. The van der Waals surface area contributed by atoms with Crippen LogP contribution in [-0.4, -0.2) is 29.2 Å². The molecule has 1 saturated heterocycles. The van der Waals surface area contributed by atoms with E-state index < -0.39 is 0 Å². The van der Waals surface area contributed by atoms with E-state index in [1.54, 1.807) is 23.5 Å². The summed E-state index contributed by atoms with van der Waals surface area (Å²) in [5.41, 5.74) is 0.928. The molecule has 1 aromatic heterocycles. The van der Waals surface area contributed by atoms with Crippen LogP contribution < -0.4 is 0 Å². The molecule has 1 atom stereocenters. The van der Waals surface area contributed by atoms with Crippen LogP contribution in [0.3, 0.4) is 0 Å². The van der Waals surface area contributed by atoms with Gasteiger partial charge in [-0.1, -0.05) is 12.1 Å². The molecule has 0 saturated carbocycles. The molecule has 2 aromatic rings. The van der Waals surface area contributed by atoms with Crippen molar-refractivity contribution in [1.29, 1.82) is 0 Å². The highest BCUT2D eigenvalue weighted by atomic mass is 32.1. The summed E-state index contributed by atoms with van der Waals surface area (Å²) in [5, 5.41) is 9.51. The largest absolute Gasteiger partial charge is 0.392 e. The minimum absolute atomic E-state index is 0.178. The maximum atomic E-state index is 13.2. The number of rotatable bonds is 3. The Morgan fingerprint density at radius 3 is 2.95 bits per heavy atom. The lowest BCUT2D eigenvalue weighted by Gasteiger charge is -2.12. The van der Waals surface area contributed by atoms with Crippen molar-refractivity contribution in [3.8, 4) is 10.4 Å². The molecule has 1 aliphatic rings. The number of benzene rings is 1. The fourth-order valence-electron chi connectivity index (χ4n) is 2.44. The second-order valence-corrected chi connectivity index (χ2v) is 6.12. The van der Waals surface area contributed by atoms with E-state index >= 15 is 0 Å². The van der Waals surface area contributed by atoms with Crippen LogP contribution in [0.15, 0.2) is 36.4 Å². The van der Waals surface area contributed by atoms with Gasteiger partial charge in [-0.05, 0) is 36.2 Å². The van der Waals surface area contributed by atoms with Crippen molar-refractivity contribution < 1.29 is 9.50 Å². The Morgan fingerprint density at radius 2 is 2.21 bits per heavy atom. The number of aliphatic hydroxyl groups excluding tert-OH is 1. The first-order valence-corrected chi connectivity index (χ1v) is 7.27. The molecule has 0 unspecified atom stereocenters. The molecule has 0 aliphatic carbocycles. The Morgan fingerprint density at radius 1 is 1.32 bits per heavy atom. The monoisotopic (exact) mass is 277 g/mol. The van der Waals surface area contributed by atoms with Gasteiger partial charge in [0.15, 0.2) is 0 Å². The molecule has 1 fully saturated rings. The molecule has 100 valence electrons. The normalized spacial score (nSPS) is 20.0. The average Bonchev–Trinajstić information content (AvgIpc) is 2.99. The Labute approximate surface area is 116 Å². The molecule has 1 aliphatic heterocycles. The Balaban J connectivity index is 1.73. The van der Waals surface area contributed by atoms with Crippen LogP contribution in [-0.2, 0) is 6.54 Å². The molecule has 0 radical (unpaired) electrons. The van der Waals surface area contributed by atoms with E-state index in [0.717, 1.165) is 36.5 Å². The second kappa shape index (κ2) is 5.41. The van der Waals surface area contributed by atoms with E-state index in [9.17, 15) is 9.50 Å². The van der Waals surface area contributed by atoms with Crippen molar-refractivity contribution >= 4 is 11.3 Å². The maximum absolute atomic E-state index is 13.2. The summed E-state index contributed by atoms with van der Waals surface area (Å²) < 4.78 is 13.2. The third-order valence-corrected chi connectivity index (χ3v) is 4.52. The van der Waals surface area contributed by atoms with Gasteiger partial charge in [0.05, 0.1) is 6.10 Å². The zero-order valence-corrected chi connectivity index (χ0v) is 11.4. The van der Waals surface area contributed by atoms with Gasteiger partial charge in [-0.3, -0.25) is 4.90 Å². The van der Waals surface area contributed by atoms with E-state index in [0.29, 0.717) is 0 Å². The van der Waals surface area contributed by atoms with Crippen LogP contribution in [0.4, 0.5) is 4.39 Å². The third kappa shape index (κ3) is 3.03. The lowest BCUT2D eigenvalue weighted by Crippen LogP contribution is -2.20. The summed E-state index contributed by atoms with van der Waals surface area (Å²) in [6.45, 7) is 2.58. The van der Waals surface area contributed by atoms with Crippen LogP contribution in [0.1, 0.15) is 11.3 Å². The number of likely N-dealkylation sites (tertiary alicyclic amines) is 1. The first-order chi connectivity index (χ1) is 9.20. The molecule has 0 spiro atoms. The number of hydrogen-bond donors (Lipinski definition) is 1. The smallest absolute Gasteiger partial charge is 0.123 e. The summed E-state index contributed by atoms with van der Waals surface area (Å²) in [6.07, 6.45) is 0.685. The van der Waals surface area contributed by atoms with Crippen LogP contribution in [0, 0.1) is 5.82 Å². The summed E-state index contributed by atoms with van der Waals surface area (Å²) in [7, 11) is 0. The van der Waals surface area contributed by atoms with Gasteiger partial charge in [0.1, 0.15) is 5.82 Å². The van der Waals surface area contributed by atoms with Gasteiger partial charge in [-0.2, -0.15) is 0 Å². The van der Waals surface area contributed by atoms with E-state index in [1.807, 2.05) is 12.1 Å². The minimum atomic E-state index is -0.199. The quantitative estimate of drug-likeness (QED) is 0.931. The van der Waals surface area contributed by atoms with Gasteiger partial charge in [-0.15, -0.1) is 11.3 Å². The molecule has 19 heavy (non-hydrogen) atoms. The van der Waals surface area contributed by atoms with Gasteiger partial charge >= 0.3 is 0 Å². The van der Waals surface area contributed by atoms with E-state index in [1.165, 1.54) is 10.9 Å². The zero-order valence-electron chi connectivity index (χ0n) is 10.6. The SMILES string of the molecule is O[C@H]1CCN(Cc2ccc(-c3cccc(F)c3)s2)C1. The van der Waals surface area contributed by atoms with E-state index in [-0.39, 0.29) is 11.9 Å². The van der Waals surface area contributed by atoms with Crippen molar-refractivity contribution in [3.63, 3.8) is 0 Å². The first-order valence-electron chi connectivity index (χ1n) is 6.46. The first kappa shape index (κ1) is 12.8. The second-order valence-electron chi connectivity index (χ2n) is 4.95. The summed E-state index contributed by atoms with van der Waals surface area (Å²) in [4.78, 5) is 4.61. The molecule has 1 N–H and O–H groups in total. The van der Waals surface area contributed by atoms with Gasteiger partial charge in [-0.25, -0.2) is 4.39 Å². The Kier molecular flexibility index (Phi) is 3.64. The summed E-state index contributed by atoms with van der Waals surface area (Å²) in [5.74, 6) is -0.199. The zero-order chi connectivity index (χ0) is 13.2. The van der Waals surface area contributed by atoms with E-state index in [4.69, 9.17) is 0 Å². The lowest BCUT2D eigenvalue weighted by molar-refractivity contribution is 0.175. The number of nitrogens with zero attached hydrogens (tertiary/aromatic N) is 1. The topological polar surface area (TPSA) is 23.5 Å². The highest BCUT2D eigenvalue weighted by Gasteiger charge is 2.20. The number of thiophene rings is 1. The lowest BCUT2D eigenvalue weighted by atomic mass is 10.2. The number of β-amino-alcohol motifs (C(OH)–C–C–N with tert-alkyl or cyclic N) is 1. The van der Waals surface area contributed by atoms with Crippen molar-refractivity contribution in [3.05, 3.63) is 47.1 Å². The molecule has 0 amide bonds. The van der Waals surface area contributed by atoms with Crippen LogP contribution >= 0.6 is 11.3 Å². The molecule has 2 heterocycles. The minimum Gasteiger partial charge on any atom is -0.392 e. The van der Waals surface area contributed by atoms with Crippen LogP contribution in [0.5, 0.6) is 0 Å². The Bertz CT molecular complexity index is 569. The van der Waals surface area contributed by atoms with Gasteiger partial charge < -0.3 is 5.11 Å². The summed E-state index contributed by atoms with van der Waals surface area (Å²) >= 11 is 1.69. The van der Waals surface area contributed by atoms with Crippen molar-refractivity contribution in [2.24, 2.45) is 0 Å². The predicted octanol–water partition coefficient (Wildman–Crippen LogP) is 3.12. The van der Waals surface area contributed by atoms with E-state index in [2.05, 4.69) is 11.0 Å². The molecule has 4 heteroatoms.